The van der Waals surface area contributed by atoms with E-state index in [1.165, 1.54) is 42.1 Å². The van der Waals surface area contributed by atoms with E-state index in [1.54, 1.807) is 0 Å². The lowest BCUT2D eigenvalue weighted by molar-refractivity contribution is 0.218. The second kappa shape index (κ2) is 8.06. The number of hydrogen-bond acceptors (Lipinski definition) is 3. The zero-order valence-electron chi connectivity index (χ0n) is 12.8. The number of thioether (sulfide) groups is 1. The van der Waals surface area contributed by atoms with Gasteiger partial charge in [0, 0.05) is 24.9 Å². The van der Waals surface area contributed by atoms with Gasteiger partial charge in [0.1, 0.15) is 0 Å². The molecule has 1 heterocycles. The Morgan fingerprint density at radius 2 is 1.90 bits per heavy atom. The van der Waals surface area contributed by atoms with Crippen molar-refractivity contribution in [1.29, 1.82) is 0 Å². The van der Waals surface area contributed by atoms with E-state index >= 15 is 0 Å². The van der Waals surface area contributed by atoms with Gasteiger partial charge in [-0.25, -0.2) is 0 Å². The molecule has 1 aromatic carbocycles. The first-order valence-corrected chi connectivity index (χ1v) is 8.97. The molecule has 0 radical (unpaired) electrons. The fourth-order valence-corrected chi connectivity index (χ4v) is 3.82. The predicted octanol–water partition coefficient (Wildman–Crippen LogP) is 3.32. The summed E-state index contributed by atoms with van der Waals surface area (Å²) in [6.07, 6.45) is 2.44. The van der Waals surface area contributed by atoms with Gasteiger partial charge >= 0.3 is 0 Å². The average Bonchev–Trinajstić information content (AvgIpc) is 2.70. The average molecular weight is 292 g/mol. The summed E-state index contributed by atoms with van der Waals surface area (Å²) in [5.74, 6) is 3.25. The van der Waals surface area contributed by atoms with Gasteiger partial charge in [0.05, 0.1) is 0 Å². The normalized spacial score (nSPS) is 19.0. The van der Waals surface area contributed by atoms with Crippen LogP contribution in [0.1, 0.15) is 37.4 Å². The maximum absolute atomic E-state index is 6.06. The molecule has 0 spiro atoms. The van der Waals surface area contributed by atoms with Crippen LogP contribution < -0.4 is 5.73 Å². The second-order valence-corrected chi connectivity index (χ2v) is 7.32. The van der Waals surface area contributed by atoms with Gasteiger partial charge in [0.15, 0.2) is 0 Å². The van der Waals surface area contributed by atoms with Crippen molar-refractivity contribution in [2.75, 3.05) is 31.1 Å². The van der Waals surface area contributed by atoms with Crippen LogP contribution in [0, 0.1) is 5.92 Å². The van der Waals surface area contributed by atoms with Gasteiger partial charge in [-0.2, -0.15) is 11.8 Å². The summed E-state index contributed by atoms with van der Waals surface area (Å²) in [6.45, 7) is 7.61. The predicted molar refractivity (Wildman–Crippen MR) is 90.3 cm³/mol. The summed E-state index contributed by atoms with van der Waals surface area (Å²) in [5.41, 5.74) is 8.87. The van der Waals surface area contributed by atoms with E-state index in [0.717, 1.165) is 6.42 Å². The number of hydrogen-bond donors (Lipinski definition) is 1. The van der Waals surface area contributed by atoms with Crippen molar-refractivity contribution in [2.45, 2.75) is 32.7 Å². The molecule has 2 rings (SSSR count). The lowest BCUT2D eigenvalue weighted by Crippen LogP contribution is -2.35. The van der Waals surface area contributed by atoms with E-state index in [1.807, 2.05) is 0 Å². The summed E-state index contributed by atoms with van der Waals surface area (Å²) < 4.78 is 0. The van der Waals surface area contributed by atoms with Crippen molar-refractivity contribution in [3.8, 4) is 0 Å². The van der Waals surface area contributed by atoms with Crippen LogP contribution in [0.25, 0.3) is 0 Å². The summed E-state index contributed by atoms with van der Waals surface area (Å²) in [4.78, 5) is 2.57. The van der Waals surface area contributed by atoms with Crippen molar-refractivity contribution in [2.24, 2.45) is 11.7 Å². The van der Waals surface area contributed by atoms with Crippen LogP contribution in [-0.2, 0) is 6.42 Å². The first kappa shape index (κ1) is 15.9. The molecule has 0 aromatic heterocycles. The molecule has 20 heavy (non-hydrogen) atoms. The van der Waals surface area contributed by atoms with E-state index < -0.39 is 0 Å². The number of rotatable bonds is 5. The monoisotopic (exact) mass is 292 g/mol. The van der Waals surface area contributed by atoms with Crippen molar-refractivity contribution in [3.05, 3.63) is 35.4 Å². The van der Waals surface area contributed by atoms with Crippen LogP contribution in [0.15, 0.2) is 24.3 Å². The van der Waals surface area contributed by atoms with Crippen LogP contribution >= 0.6 is 11.8 Å². The van der Waals surface area contributed by atoms with Gasteiger partial charge in [-0.15, -0.1) is 0 Å². The van der Waals surface area contributed by atoms with Crippen molar-refractivity contribution < 1.29 is 0 Å². The van der Waals surface area contributed by atoms with Crippen LogP contribution in [0.5, 0.6) is 0 Å². The fourth-order valence-electron chi connectivity index (χ4n) is 2.92. The van der Waals surface area contributed by atoms with E-state index in [0.29, 0.717) is 18.5 Å². The Bertz CT molecular complexity index is 380. The van der Waals surface area contributed by atoms with Crippen LogP contribution in [0.4, 0.5) is 0 Å². The van der Waals surface area contributed by atoms with Gasteiger partial charge in [-0.1, -0.05) is 38.1 Å². The summed E-state index contributed by atoms with van der Waals surface area (Å²) in [7, 11) is 0. The van der Waals surface area contributed by atoms with Crippen LogP contribution in [0.3, 0.4) is 0 Å². The zero-order chi connectivity index (χ0) is 14.4. The highest BCUT2D eigenvalue weighted by Crippen LogP contribution is 2.23. The van der Waals surface area contributed by atoms with E-state index in [4.69, 9.17) is 5.73 Å². The lowest BCUT2D eigenvalue weighted by atomic mass is 9.98. The minimum atomic E-state index is 0.391. The largest absolute Gasteiger partial charge is 0.329 e. The third-order valence-electron chi connectivity index (χ3n) is 3.93. The molecule has 0 amide bonds. The van der Waals surface area contributed by atoms with E-state index in [9.17, 15) is 0 Å². The first-order chi connectivity index (χ1) is 9.70. The lowest BCUT2D eigenvalue weighted by Gasteiger charge is -2.30. The number of nitrogens with zero attached hydrogens (tertiary/aromatic N) is 1. The SMILES string of the molecule is CC(C)Cc1ccc(C(CN)N2CCCSCC2)cc1. The Morgan fingerprint density at radius 1 is 1.15 bits per heavy atom. The molecular formula is C17H28N2S. The highest BCUT2D eigenvalue weighted by atomic mass is 32.2. The Morgan fingerprint density at radius 3 is 2.55 bits per heavy atom. The Balaban J connectivity index is 2.06. The second-order valence-electron chi connectivity index (χ2n) is 6.09. The molecule has 1 unspecified atom stereocenters. The highest BCUT2D eigenvalue weighted by molar-refractivity contribution is 7.99. The first-order valence-electron chi connectivity index (χ1n) is 7.81. The number of benzene rings is 1. The quantitative estimate of drug-likeness (QED) is 0.902. The molecule has 1 aliphatic rings. The third-order valence-corrected chi connectivity index (χ3v) is 4.98. The molecule has 1 saturated heterocycles. The van der Waals surface area contributed by atoms with Crippen molar-refractivity contribution in [1.82, 2.24) is 4.90 Å². The molecule has 0 saturated carbocycles. The smallest absolute Gasteiger partial charge is 0.0470 e. The molecule has 1 aliphatic heterocycles. The topological polar surface area (TPSA) is 29.3 Å². The molecule has 2 nitrogen and oxygen atoms in total. The molecule has 0 aliphatic carbocycles. The summed E-state index contributed by atoms with van der Waals surface area (Å²) >= 11 is 2.07. The Hall–Kier alpha value is -0.510. The molecular weight excluding hydrogens is 264 g/mol. The third kappa shape index (κ3) is 4.51. The highest BCUT2D eigenvalue weighted by Gasteiger charge is 2.20. The van der Waals surface area contributed by atoms with Gasteiger partial charge in [-0.05, 0) is 42.2 Å². The van der Waals surface area contributed by atoms with Gasteiger partial charge in [-0.3, -0.25) is 4.90 Å². The summed E-state index contributed by atoms with van der Waals surface area (Å²) in [6, 6.07) is 9.53. The Labute approximate surface area is 128 Å². The zero-order valence-corrected chi connectivity index (χ0v) is 13.7. The minimum absolute atomic E-state index is 0.391. The molecule has 2 N–H and O–H groups in total. The van der Waals surface area contributed by atoms with Crippen molar-refractivity contribution >= 4 is 11.8 Å². The van der Waals surface area contributed by atoms with Crippen LogP contribution in [-0.4, -0.2) is 36.0 Å². The van der Waals surface area contributed by atoms with Gasteiger partial charge in [0.2, 0.25) is 0 Å². The molecule has 1 fully saturated rings. The van der Waals surface area contributed by atoms with E-state index in [-0.39, 0.29) is 0 Å². The maximum Gasteiger partial charge on any atom is 0.0470 e. The number of nitrogens with two attached hydrogens (primary N) is 1. The minimum Gasteiger partial charge on any atom is -0.329 e. The van der Waals surface area contributed by atoms with E-state index in [2.05, 4.69) is 54.8 Å². The molecule has 1 atom stereocenters. The van der Waals surface area contributed by atoms with Crippen molar-refractivity contribution in [3.63, 3.8) is 0 Å². The molecule has 3 heteroatoms. The molecule has 1 aromatic rings. The molecule has 0 bridgehead atoms. The summed E-state index contributed by atoms with van der Waals surface area (Å²) in [5, 5.41) is 0. The Kier molecular flexibility index (Phi) is 6.40. The van der Waals surface area contributed by atoms with Gasteiger partial charge in [0.25, 0.3) is 0 Å². The fraction of sp³-hybridized carbons (Fsp3) is 0.647. The van der Waals surface area contributed by atoms with Gasteiger partial charge < -0.3 is 5.73 Å². The standard InChI is InChI=1S/C17H28N2S/c1-14(2)12-15-4-6-16(7-5-15)17(13-18)19-8-3-10-20-11-9-19/h4-7,14,17H,3,8-13,18H2,1-2H3. The maximum atomic E-state index is 6.06. The van der Waals surface area contributed by atoms with Crippen LogP contribution in [0.2, 0.25) is 0 Å². The molecule has 112 valence electrons.